The van der Waals surface area contributed by atoms with E-state index in [-0.39, 0.29) is 18.5 Å². The van der Waals surface area contributed by atoms with Gasteiger partial charge in [0.1, 0.15) is 0 Å². The number of fused-ring (bicyclic) bond motifs is 2. The molecule has 0 spiro atoms. The maximum absolute atomic E-state index is 13.0. The topological polar surface area (TPSA) is 117 Å². The van der Waals surface area contributed by atoms with Crippen molar-refractivity contribution in [3.8, 4) is 0 Å². The molecule has 3 aromatic rings. The van der Waals surface area contributed by atoms with Gasteiger partial charge in [-0.1, -0.05) is 24.3 Å². The van der Waals surface area contributed by atoms with E-state index in [2.05, 4.69) is 15.5 Å². The second kappa shape index (κ2) is 9.88. The summed E-state index contributed by atoms with van der Waals surface area (Å²) >= 11 is 0. The van der Waals surface area contributed by atoms with Crippen LogP contribution < -0.4 is 5.32 Å². The Morgan fingerprint density at radius 1 is 1.19 bits per heavy atom. The van der Waals surface area contributed by atoms with E-state index in [0.717, 1.165) is 33.3 Å². The van der Waals surface area contributed by atoms with E-state index in [1.165, 1.54) is 7.11 Å². The molecule has 2 N–H and O–H groups in total. The molecule has 36 heavy (non-hydrogen) atoms. The van der Waals surface area contributed by atoms with E-state index < -0.39 is 18.2 Å². The van der Waals surface area contributed by atoms with Gasteiger partial charge in [-0.25, -0.2) is 14.4 Å². The molecule has 188 valence electrons. The fraction of sp³-hybridized carbons (Fsp3) is 0.385. The van der Waals surface area contributed by atoms with Gasteiger partial charge in [0.15, 0.2) is 0 Å². The number of aryl methyl sites for hydroxylation is 1. The Balaban J connectivity index is 1.20. The number of piperidine rings is 1. The smallest absolute Gasteiger partial charge is 0.410 e. The van der Waals surface area contributed by atoms with E-state index >= 15 is 0 Å². The largest absolute Gasteiger partial charge is 0.466 e. The van der Waals surface area contributed by atoms with Crippen molar-refractivity contribution in [2.24, 2.45) is 0 Å². The Hall–Kier alpha value is -4.08. The first kappa shape index (κ1) is 23.7. The lowest BCUT2D eigenvalue weighted by atomic mass is 10.0. The van der Waals surface area contributed by atoms with Crippen LogP contribution in [0.5, 0.6) is 0 Å². The van der Waals surface area contributed by atoms with Crippen LogP contribution in [0.2, 0.25) is 0 Å². The molecule has 3 amide bonds. The van der Waals surface area contributed by atoms with Gasteiger partial charge in [-0.15, -0.1) is 0 Å². The van der Waals surface area contributed by atoms with Crippen molar-refractivity contribution in [3.63, 3.8) is 0 Å². The lowest BCUT2D eigenvalue weighted by molar-refractivity contribution is -0.151. The highest BCUT2D eigenvalue weighted by Gasteiger charge is 2.34. The minimum atomic E-state index is -1.06. The number of para-hydroxylation sites is 1. The Morgan fingerprint density at radius 3 is 2.75 bits per heavy atom. The highest BCUT2D eigenvalue weighted by atomic mass is 16.6. The molecule has 1 atom stereocenters. The monoisotopic (exact) mass is 491 g/mol. The first-order chi connectivity index (χ1) is 17.4. The fourth-order valence-corrected chi connectivity index (χ4v) is 5.02. The third kappa shape index (κ3) is 4.71. The summed E-state index contributed by atoms with van der Waals surface area (Å²) < 4.78 is 10.5. The number of hydrogen-bond acceptors (Lipinski definition) is 6. The number of benzene rings is 2. The maximum atomic E-state index is 13.0. The molecule has 2 aliphatic rings. The molecule has 1 saturated heterocycles. The number of carbonyl (C=O) groups excluding carboxylic acids is 3. The molecule has 1 fully saturated rings. The summed E-state index contributed by atoms with van der Waals surface area (Å²) in [7, 11) is 1.28. The lowest BCUT2D eigenvalue weighted by Gasteiger charge is -2.40. The van der Waals surface area contributed by atoms with E-state index in [1.807, 2.05) is 48.2 Å². The number of nitrogens with one attached hydrogen (secondary N) is 2. The molecule has 1 aromatic heterocycles. The zero-order chi connectivity index (χ0) is 25.2. The number of H-pyrrole nitrogens is 1. The average Bonchev–Trinajstić information content (AvgIpc) is 3.37. The van der Waals surface area contributed by atoms with Crippen LogP contribution in [0.15, 0.2) is 42.6 Å². The summed E-state index contributed by atoms with van der Waals surface area (Å²) in [6.07, 6.45) is 1.56. The summed E-state index contributed by atoms with van der Waals surface area (Å²) in [5.41, 5.74) is 4.68. The van der Waals surface area contributed by atoms with E-state index in [9.17, 15) is 14.4 Å². The van der Waals surface area contributed by atoms with Crippen molar-refractivity contribution in [1.29, 1.82) is 0 Å². The van der Waals surface area contributed by atoms with Crippen LogP contribution in [-0.4, -0.2) is 70.4 Å². The van der Waals surface area contributed by atoms with E-state index in [0.29, 0.717) is 32.5 Å². The normalized spacial score (nSPS) is 16.9. The lowest BCUT2D eigenvalue weighted by Crippen LogP contribution is -2.51. The number of esters is 1. The number of carbonyl (C=O) groups is 3. The summed E-state index contributed by atoms with van der Waals surface area (Å²) in [5.74, 6) is -0.605. The minimum Gasteiger partial charge on any atom is -0.466 e. The SMILES string of the molecule is COC(=O)C(Cc1cc(C)c2[nH]ncc2c1)OC(=O)N1CCC(N2Cc3ccccc3NC2=O)CC1. The first-order valence-corrected chi connectivity index (χ1v) is 12.0. The third-order valence-corrected chi connectivity index (χ3v) is 6.96. The predicted octanol–water partition coefficient (Wildman–Crippen LogP) is 3.60. The number of hydrogen-bond donors (Lipinski definition) is 2. The molecule has 1 unspecified atom stereocenters. The average molecular weight is 492 g/mol. The summed E-state index contributed by atoms with van der Waals surface area (Å²) in [6, 6.07) is 11.5. The molecular weight excluding hydrogens is 462 g/mol. The highest BCUT2D eigenvalue weighted by molar-refractivity contribution is 5.92. The van der Waals surface area contributed by atoms with Crippen molar-refractivity contribution in [3.05, 3.63) is 59.3 Å². The van der Waals surface area contributed by atoms with Crippen molar-refractivity contribution < 1.29 is 23.9 Å². The van der Waals surface area contributed by atoms with Crippen LogP contribution in [0.1, 0.15) is 29.5 Å². The molecule has 0 saturated carbocycles. The molecular formula is C26H29N5O5. The van der Waals surface area contributed by atoms with Crippen molar-refractivity contribution in [2.75, 3.05) is 25.5 Å². The number of aromatic amines is 1. The number of aromatic nitrogens is 2. The van der Waals surface area contributed by atoms with Gasteiger partial charge in [-0.2, -0.15) is 5.10 Å². The number of rotatable bonds is 5. The molecule has 5 rings (SSSR count). The van der Waals surface area contributed by atoms with Crippen molar-refractivity contribution in [2.45, 2.75) is 44.9 Å². The summed E-state index contributed by atoms with van der Waals surface area (Å²) in [5, 5.41) is 10.9. The van der Waals surface area contributed by atoms with Gasteiger partial charge in [0.05, 0.1) is 18.8 Å². The van der Waals surface area contributed by atoms with Gasteiger partial charge in [0.25, 0.3) is 0 Å². The second-order valence-electron chi connectivity index (χ2n) is 9.28. The van der Waals surface area contributed by atoms with Crippen LogP contribution in [0, 0.1) is 6.92 Å². The number of methoxy groups -OCH3 is 1. The number of likely N-dealkylation sites (tertiary alicyclic amines) is 1. The van der Waals surface area contributed by atoms with Gasteiger partial charge in [-0.05, 0) is 48.6 Å². The zero-order valence-corrected chi connectivity index (χ0v) is 20.3. The van der Waals surface area contributed by atoms with Gasteiger partial charge >= 0.3 is 18.1 Å². The first-order valence-electron chi connectivity index (χ1n) is 12.0. The number of anilines is 1. The number of ether oxygens (including phenoxy) is 2. The minimum absolute atomic E-state index is 0.0171. The number of amides is 3. The van der Waals surface area contributed by atoms with Crippen LogP contribution >= 0.6 is 0 Å². The fourth-order valence-electron chi connectivity index (χ4n) is 5.02. The summed E-state index contributed by atoms with van der Waals surface area (Å²) in [4.78, 5) is 41.5. The molecule has 3 heterocycles. The Morgan fingerprint density at radius 2 is 1.97 bits per heavy atom. The zero-order valence-electron chi connectivity index (χ0n) is 20.3. The molecule has 0 aliphatic carbocycles. The Kier molecular flexibility index (Phi) is 6.49. The number of urea groups is 1. The van der Waals surface area contributed by atoms with Crippen LogP contribution in [0.25, 0.3) is 10.9 Å². The van der Waals surface area contributed by atoms with Gasteiger partial charge < -0.3 is 24.6 Å². The maximum Gasteiger partial charge on any atom is 0.410 e. The predicted molar refractivity (Wildman–Crippen MR) is 132 cm³/mol. The van der Waals surface area contributed by atoms with Crippen molar-refractivity contribution >= 4 is 34.7 Å². The third-order valence-electron chi connectivity index (χ3n) is 6.96. The van der Waals surface area contributed by atoms with Gasteiger partial charge in [0, 0.05) is 43.2 Å². The van der Waals surface area contributed by atoms with E-state index in [4.69, 9.17) is 9.47 Å². The molecule has 10 heteroatoms. The highest BCUT2D eigenvalue weighted by Crippen LogP contribution is 2.28. The number of nitrogens with zero attached hydrogens (tertiary/aromatic N) is 3. The molecule has 2 aliphatic heterocycles. The quantitative estimate of drug-likeness (QED) is 0.527. The van der Waals surface area contributed by atoms with Crippen LogP contribution in [-0.2, 0) is 27.2 Å². The van der Waals surface area contributed by atoms with Gasteiger partial charge in [0.2, 0.25) is 6.10 Å². The molecule has 2 aromatic carbocycles. The van der Waals surface area contributed by atoms with Crippen molar-refractivity contribution in [1.82, 2.24) is 20.0 Å². The molecule has 10 nitrogen and oxygen atoms in total. The van der Waals surface area contributed by atoms with Crippen LogP contribution in [0.4, 0.5) is 15.3 Å². The standard InChI is InChI=1S/C26H29N5O5/c1-16-11-17(12-19-14-27-29-23(16)19)13-22(24(32)35-2)36-26(34)30-9-7-20(8-10-30)31-15-18-5-3-4-6-21(18)28-25(31)33/h3-6,11-12,14,20,22H,7-10,13,15H2,1-2H3,(H,27,29)(H,28,33). The Labute approximate surface area is 208 Å². The van der Waals surface area contributed by atoms with Gasteiger partial charge in [-0.3, -0.25) is 5.10 Å². The summed E-state index contributed by atoms with van der Waals surface area (Å²) in [6.45, 7) is 3.36. The van der Waals surface area contributed by atoms with Crippen LogP contribution in [0.3, 0.4) is 0 Å². The molecule has 0 radical (unpaired) electrons. The molecule has 0 bridgehead atoms. The second-order valence-corrected chi connectivity index (χ2v) is 9.28. The Bertz CT molecular complexity index is 1300. The van der Waals surface area contributed by atoms with E-state index in [1.54, 1.807) is 11.1 Å².